The number of amides is 1. The van der Waals surface area contributed by atoms with E-state index in [9.17, 15) is 22.8 Å². The van der Waals surface area contributed by atoms with Gasteiger partial charge in [-0.2, -0.15) is 0 Å². The van der Waals surface area contributed by atoms with Crippen molar-refractivity contribution >= 4 is 11.7 Å². The lowest BCUT2D eigenvalue weighted by atomic mass is 9.80. The predicted octanol–water partition coefficient (Wildman–Crippen LogP) is 4.78. The number of fused-ring (bicyclic) bond motifs is 1. The topological polar surface area (TPSA) is 55.4 Å². The molecule has 4 nitrogen and oxygen atoms in total. The van der Waals surface area contributed by atoms with Crippen LogP contribution in [-0.2, 0) is 11.2 Å². The number of carbonyl (C=O) groups is 2. The Balaban J connectivity index is 1.45. The molecule has 0 aromatic heterocycles. The van der Waals surface area contributed by atoms with Gasteiger partial charge in [-0.15, -0.1) is 13.2 Å². The van der Waals surface area contributed by atoms with E-state index in [4.69, 9.17) is 0 Å². The Hall–Kier alpha value is -2.83. The summed E-state index contributed by atoms with van der Waals surface area (Å²) in [7, 11) is 0. The third kappa shape index (κ3) is 6.07. The number of ketones is 1. The molecule has 0 heterocycles. The van der Waals surface area contributed by atoms with Gasteiger partial charge in [0.2, 0.25) is 0 Å². The molecule has 0 fully saturated rings. The van der Waals surface area contributed by atoms with Crippen molar-refractivity contribution in [1.29, 1.82) is 0 Å². The molecule has 1 aliphatic carbocycles. The first-order valence-corrected chi connectivity index (χ1v) is 9.55. The van der Waals surface area contributed by atoms with Crippen LogP contribution in [0.3, 0.4) is 0 Å². The van der Waals surface area contributed by atoms with Crippen molar-refractivity contribution < 1.29 is 27.5 Å². The normalized spacial score (nSPS) is 16.0. The first kappa shape index (κ1) is 20.9. The van der Waals surface area contributed by atoms with Crippen LogP contribution in [-0.4, -0.2) is 24.6 Å². The molecule has 0 aliphatic heterocycles. The van der Waals surface area contributed by atoms with Crippen molar-refractivity contribution in [3.63, 3.8) is 0 Å². The minimum atomic E-state index is -4.77. The van der Waals surface area contributed by atoms with Gasteiger partial charge in [0.15, 0.2) is 0 Å². The molecule has 3 rings (SSSR count). The van der Waals surface area contributed by atoms with E-state index in [1.807, 2.05) is 12.1 Å². The Bertz CT molecular complexity index is 862. The van der Waals surface area contributed by atoms with Crippen LogP contribution in [0.25, 0.3) is 0 Å². The van der Waals surface area contributed by atoms with Gasteiger partial charge in [-0.1, -0.05) is 24.3 Å². The van der Waals surface area contributed by atoms with E-state index in [2.05, 4.69) is 22.2 Å². The summed E-state index contributed by atoms with van der Waals surface area (Å²) in [6.07, 6.45) is -0.996. The van der Waals surface area contributed by atoms with Crippen LogP contribution < -0.4 is 10.1 Å². The van der Waals surface area contributed by atoms with Gasteiger partial charge < -0.3 is 10.1 Å². The van der Waals surface area contributed by atoms with Crippen LogP contribution in [0, 0.1) is 0 Å². The Kier molecular flexibility index (Phi) is 6.56. The second-order valence-corrected chi connectivity index (χ2v) is 7.11. The molecule has 0 radical (unpaired) electrons. The van der Waals surface area contributed by atoms with E-state index >= 15 is 0 Å². The monoisotopic (exact) mass is 405 g/mol. The van der Waals surface area contributed by atoms with E-state index in [-0.39, 0.29) is 30.2 Å². The molecule has 1 amide bonds. The smallest absolute Gasteiger partial charge is 0.406 e. The van der Waals surface area contributed by atoms with E-state index in [1.165, 1.54) is 23.3 Å². The molecule has 0 spiro atoms. The van der Waals surface area contributed by atoms with Crippen molar-refractivity contribution in [2.75, 3.05) is 6.54 Å². The molecular formula is C22H22F3NO3. The Morgan fingerprint density at radius 2 is 1.79 bits per heavy atom. The molecule has 1 N–H and O–H groups in total. The summed E-state index contributed by atoms with van der Waals surface area (Å²) in [6, 6.07) is 12.8. The number of rotatable bonds is 7. The zero-order valence-corrected chi connectivity index (χ0v) is 15.8. The number of hydrogen-bond acceptors (Lipinski definition) is 3. The lowest BCUT2D eigenvalue weighted by molar-refractivity contribution is -0.274. The number of hydrogen-bond donors (Lipinski definition) is 1. The number of halogens is 3. The lowest BCUT2D eigenvalue weighted by Crippen LogP contribution is -2.26. The van der Waals surface area contributed by atoms with Crippen LogP contribution >= 0.6 is 0 Å². The summed E-state index contributed by atoms with van der Waals surface area (Å²) >= 11 is 0. The maximum Gasteiger partial charge on any atom is 0.573 e. The maximum absolute atomic E-state index is 12.3. The van der Waals surface area contributed by atoms with Crippen molar-refractivity contribution in [3.8, 4) is 5.75 Å². The number of Topliss-reactive ketones (excluding diaryl/α,β-unsaturated/α-hetero) is 1. The summed E-state index contributed by atoms with van der Waals surface area (Å²) < 4.78 is 40.2. The van der Waals surface area contributed by atoms with Gasteiger partial charge in [-0.05, 0) is 60.6 Å². The van der Waals surface area contributed by atoms with Crippen LogP contribution in [0.1, 0.15) is 53.1 Å². The number of nitrogens with one attached hydrogen (secondary N) is 1. The SMILES string of the molecule is O=C(CCNC(=O)c1ccc(OC(F)(F)F)cc1)C[C@H]1CCCc2ccccc21. The Labute approximate surface area is 167 Å². The fourth-order valence-electron chi connectivity index (χ4n) is 3.67. The first-order valence-electron chi connectivity index (χ1n) is 9.55. The zero-order chi connectivity index (χ0) is 20.9. The van der Waals surface area contributed by atoms with Crippen molar-refractivity contribution in [2.24, 2.45) is 0 Å². The van der Waals surface area contributed by atoms with Gasteiger partial charge in [0.25, 0.3) is 5.91 Å². The predicted molar refractivity (Wildman–Crippen MR) is 102 cm³/mol. The minimum Gasteiger partial charge on any atom is -0.406 e. The first-order chi connectivity index (χ1) is 13.8. The molecule has 7 heteroatoms. The van der Waals surface area contributed by atoms with Gasteiger partial charge in [0, 0.05) is 24.9 Å². The van der Waals surface area contributed by atoms with Crippen molar-refractivity contribution in [3.05, 3.63) is 65.2 Å². The fraction of sp³-hybridized carbons (Fsp3) is 0.364. The third-order valence-electron chi connectivity index (χ3n) is 5.01. The molecule has 0 bridgehead atoms. The zero-order valence-electron chi connectivity index (χ0n) is 15.8. The molecule has 0 saturated carbocycles. The molecule has 154 valence electrons. The van der Waals surface area contributed by atoms with Gasteiger partial charge in [-0.25, -0.2) is 0 Å². The highest BCUT2D eigenvalue weighted by molar-refractivity contribution is 5.94. The molecule has 2 aromatic carbocycles. The number of ether oxygens (including phenoxy) is 1. The molecule has 1 atom stereocenters. The average molecular weight is 405 g/mol. The van der Waals surface area contributed by atoms with Crippen LogP contribution in [0.2, 0.25) is 0 Å². The minimum absolute atomic E-state index is 0.0842. The lowest BCUT2D eigenvalue weighted by Gasteiger charge is -2.25. The quantitative estimate of drug-likeness (QED) is 0.721. The largest absolute Gasteiger partial charge is 0.573 e. The van der Waals surface area contributed by atoms with Crippen LogP contribution in [0.15, 0.2) is 48.5 Å². The summed E-state index contributed by atoms with van der Waals surface area (Å²) in [5.41, 5.74) is 2.76. The summed E-state index contributed by atoms with van der Waals surface area (Å²) in [5, 5.41) is 2.63. The van der Waals surface area contributed by atoms with E-state index in [1.54, 1.807) is 0 Å². The fourth-order valence-corrected chi connectivity index (χ4v) is 3.67. The highest BCUT2D eigenvalue weighted by Gasteiger charge is 2.31. The summed E-state index contributed by atoms with van der Waals surface area (Å²) in [5.74, 6) is -0.526. The van der Waals surface area contributed by atoms with Crippen molar-refractivity contribution in [2.45, 2.75) is 44.4 Å². The summed E-state index contributed by atoms with van der Waals surface area (Å²) in [6.45, 7) is 0.187. The van der Waals surface area contributed by atoms with E-state index in [0.717, 1.165) is 31.4 Å². The number of aryl methyl sites for hydroxylation is 1. The molecule has 0 saturated heterocycles. The highest BCUT2D eigenvalue weighted by atomic mass is 19.4. The molecule has 1 aliphatic rings. The Morgan fingerprint density at radius 1 is 1.07 bits per heavy atom. The average Bonchev–Trinajstić information content (AvgIpc) is 2.67. The highest BCUT2D eigenvalue weighted by Crippen LogP contribution is 2.34. The number of alkyl halides is 3. The standard InChI is InChI=1S/C22H22F3NO3/c23-22(24,25)29-19-10-8-16(9-11-19)21(28)26-13-12-18(27)14-17-6-3-5-15-4-1-2-7-20(15)17/h1-2,4,7-11,17H,3,5-6,12-14H2,(H,26,28)/t17-/m1/s1. The van der Waals surface area contributed by atoms with Crippen molar-refractivity contribution in [1.82, 2.24) is 5.32 Å². The Morgan fingerprint density at radius 3 is 2.52 bits per heavy atom. The molecule has 29 heavy (non-hydrogen) atoms. The second-order valence-electron chi connectivity index (χ2n) is 7.11. The van der Waals surface area contributed by atoms with Gasteiger partial charge >= 0.3 is 6.36 Å². The van der Waals surface area contributed by atoms with E-state index < -0.39 is 18.0 Å². The maximum atomic E-state index is 12.3. The number of benzene rings is 2. The number of carbonyl (C=O) groups excluding carboxylic acids is 2. The van der Waals surface area contributed by atoms with Gasteiger partial charge in [-0.3, -0.25) is 9.59 Å². The molecule has 2 aromatic rings. The molecule has 0 unspecified atom stereocenters. The molecular weight excluding hydrogens is 383 g/mol. The van der Waals surface area contributed by atoms with Gasteiger partial charge in [0.05, 0.1) is 0 Å². The van der Waals surface area contributed by atoms with Gasteiger partial charge in [0.1, 0.15) is 11.5 Å². The second kappa shape index (κ2) is 9.11. The van der Waals surface area contributed by atoms with Crippen LogP contribution in [0.5, 0.6) is 5.75 Å². The summed E-state index contributed by atoms with van der Waals surface area (Å²) in [4.78, 5) is 24.4. The van der Waals surface area contributed by atoms with Crippen LogP contribution in [0.4, 0.5) is 13.2 Å². The van der Waals surface area contributed by atoms with E-state index in [0.29, 0.717) is 6.42 Å². The third-order valence-corrected chi connectivity index (χ3v) is 5.01.